The molecule has 2 aromatic heterocycles. The normalized spacial score (nSPS) is 21.8. The number of rotatable bonds is 3. The van der Waals surface area contributed by atoms with Gasteiger partial charge in [0.25, 0.3) is 5.91 Å². The third-order valence-corrected chi connectivity index (χ3v) is 7.16. The fourth-order valence-electron chi connectivity index (χ4n) is 4.64. The lowest BCUT2D eigenvalue weighted by atomic mass is 9.86. The summed E-state index contributed by atoms with van der Waals surface area (Å²) in [6, 6.07) is 7.80. The van der Waals surface area contributed by atoms with E-state index >= 15 is 0 Å². The second kappa shape index (κ2) is 6.78. The van der Waals surface area contributed by atoms with Crippen molar-refractivity contribution >= 4 is 32.8 Å². The average molecular weight is 427 g/mol. The van der Waals surface area contributed by atoms with Crippen LogP contribution in [0.1, 0.15) is 23.2 Å². The maximum atomic E-state index is 12.9. The SMILES string of the molecule is NS(=O)(=O)c1ccc(C(=O)N2CCC3(CCN(c4ncnc5[nH]ccc45)C3)C2)cc1. The second-order valence-electron chi connectivity index (χ2n) is 8.15. The van der Waals surface area contributed by atoms with Crippen molar-refractivity contribution in [1.29, 1.82) is 0 Å². The molecule has 3 N–H and O–H groups in total. The second-order valence-corrected chi connectivity index (χ2v) is 9.72. The topological polar surface area (TPSA) is 125 Å². The van der Waals surface area contributed by atoms with Crippen molar-refractivity contribution in [2.24, 2.45) is 10.6 Å². The number of fused-ring (bicyclic) bond motifs is 1. The Morgan fingerprint density at radius 3 is 2.60 bits per heavy atom. The molecule has 1 spiro atoms. The molecule has 3 aromatic rings. The summed E-state index contributed by atoms with van der Waals surface area (Å²) in [6.45, 7) is 3.11. The Hall–Kier alpha value is -2.98. The number of nitrogens with two attached hydrogens (primary N) is 1. The number of benzene rings is 1. The van der Waals surface area contributed by atoms with E-state index in [4.69, 9.17) is 5.14 Å². The number of anilines is 1. The molecular weight excluding hydrogens is 404 g/mol. The molecule has 1 unspecified atom stereocenters. The molecule has 4 heterocycles. The van der Waals surface area contributed by atoms with Gasteiger partial charge < -0.3 is 14.8 Å². The smallest absolute Gasteiger partial charge is 0.253 e. The fourth-order valence-corrected chi connectivity index (χ4v) is 5.15. The van der Waals surface area contributed by atoms with E-state index in [-0.39, 0.29) is 16.2 Å². The van der Waals surface area contributed by atoms with Gasteiger partial charge in [0.2, 0.25) is 10.0 Å². The van der Waals surface area contributed by atoms with Crippen molar-refractivity contribution in [2.45, 2.75) is 17.7 Å². The number of aromatic amines is 1. The van der Waals surface area contributed by atoms with Gasteiger partial charge in [0.05, 0.1) is 10.3 Å². The molecule has 1 aromatic carbocycles. The zero-order valence-electron chi connectivity index (χ0n) is 16.3. The predicted molar refractivity (Wildman–Crippen MR) is 111 cm³/mol. The number of likely N-dealkylation sites (tertiary alicyclic amines) is 1. The molecule has 2 aliphatic heterocycles. The Kier molecular flexibility index (Phi) is 4.30. The number of amides is 1. The van der Waals surface area contributed by atoms with E-state index in [1.165, 1.54) is 24.3 Å². The zero-order chi connectivity index (χ0) is 20.9. The summed E-state index contributed by atoms with van der Waals surface area (Å²) in [7, 11) is -3.77. The Morgan fingerprint density at radius 1 is 1.07 bits per heavy atom. The van der Waals surface area contributed by atoms with Crippen LogP contribution in [0.3, 0.4) is 0 Å². The van der Waals surface area contributed by atoms with E-state index in [1.54, 1.807) is 6.33 Å². The van der Waals surface area contributed by atoms with Crippen LogP contribution in [0.5, 0.6) is 0 Å². The molecule has 10 heteroatoms. The molecule has 0 bridgehead atoms. The minimum Gasteiger partial charge on any atom is -0.355 e. The molecule has 30 heavy (non-hydrogen) atoms. The summed E-state index contributed by atoms with van der Waals surface area (Å²) in [4.78, 5) is 29.0. The number of H-pyrrole nitrogens is 1. The number of sulfonamides is 1. The highest BCUT2D eigenvalue weighted by molar-refractivity contribution is 7.89. The van der Waals surface area contributed by atoms with Crippen LogP contribution in [0.2, 0.25) is 0 Å². The van der Waals surface area contributed by atoms with Gasteiger partial charge in [-0.25, -0.2) is 23.5 Å². The van der Waals surface area contributed by atoms with Gasteiger partial charge in [-0.15, -0.1) is 0 Å². The summed E-state index contributed by atoms with van der Waals surface area (Å²) in [6.07, 6.45) is 5.38. The van der Waals surface area contributed by atoms with Crippen molar-refractivity contribution in [3.05, 3.63) is 48.4 Å². The standard InChI is InChI=1S/C20H22N6O3S/c21-30(28,29)15-3-1-14(2-4-15)19(27)26-10-7-20(12-26)6-9-25(11-20)18-16-5-8-22-17(16)23-13-24-18/h1-5,8,13H,6-7,9-12H2,(H2,21,28,29)(H,22,23,24). The third-order valence-electron chi connectivity index (χ3n) is 6.23. The van der Waals surface area contributed by atoms with Gasteiger partial charge in [-0.3, -0.25) is 4.79 Å². The van der Waals surface area contributed by atoms with E-state index in [2.05, 4.69) is 19.9 Å². The summed E-state index contributed by atoms with van der Waals surface area (Å²) >= 11 is 0. The Labute approximate surface area is 174 Å². The number of primary sulfonamides is 1. The summed E-state index contributed by atoms with van der Waals surface area (Å²) in [5.74, 6) is 0.850. The van der Waals surface area contributed by atoms with Crippen LogP contribution < -0.4 is 10.0 Å². The monoisotopic (exact) mass is 426 g/mol. The first kappa shape index (κ1) is 19.0. The first-order valence-corrected chi connectivity index (χ1v) is 11.3. The molecule has 156 valence electrons. The first-order valence-electron chi connectivity index (χ1n) is 9.80. The molecular formula is C20H22N6O3S. The van der Waals surface area contributed by atoms with Crippen molar-refractivity contribution in [2.75, 3.05) is 31.1 Å². The average Bonchev–Trinajstić information content (AvgIpc) is 3.47. The Morgan fingerprint density at radius 2 is 1.83 bits per heavy atom. The van der Waals surface area contributed by atoms with Crippen LogP contribution in [-0.2, 0) is 10.0 Å². The molecule has 0 aliphatic carbocycles. The van der Waals surface area contributed by atoms with Gasteiger partial charge in [-0.2, -0.15) is 0 Å². The van der Waals surface area contributed by atoms with Gasteiger partial charge in [0, 0.05) is 43.4 Å². The zero-order valence-corrected chi connectivity index (χ0v) is 17.1. The molecule has 0 radical (unpaired) electrons. The molecule has 9 nitrogen and oxygen atoms in total. The van der Waals surface area contributed by atoms with Crippen LogP contribution in [0.15, 0.2) is 47.8 Å². The van der Waals surface area contributed by atoms with Gasteiger partial charge in [-0.05, 0) is 43.2 Å². The number of hydrogen-bond acceptors (Lipinski definition) is 6. The van der Waals surface area contributed by atoms with Crippen LogP contribution >= 0.6 is 0 Å². The minimum absolute atomic E-state index is 0.00398. The molecule has 5 rings (SSSR count). The highest BCUT2D eigenvalue weighted by Crippen LogP contribution is 2.42. The summed E-state index contributed by atoms with van der Waals surface area (Å²) < 4.78 is 22.8. The highest BCUT2D eigenvalue weighted by Gasteiger charge is 2.45. The van der Waals surface area contributed by atoms with Crippen LogP contribution in [0, 0.1) is 5.41 Å². The Bertz CT molecular complexity index is 1220. The quantitative estimate of drug-likeness (QED) is 0.651. The molecule has 2 saturated heterocycles. The van der Waals surface area contributed by atoms with E-state index in [9.17, 15) is 13.2 Å². The van der Waals surface area contributed by atoms with Crippen LogP contribution in [0.4, 0.5) is 5.82 Å². The maximum absolute atomic E-state index is 12.9. The predicted octanol–water partition coefficient (Wildman–Crippen LogP) is 1.35. The molecule has 2 fully saturated rings. The highest BCUT2D eigenvalue weighted by atomic mass is 32.2. The first-order chi connectivity index (χ1) is 14.3. The van der Waals surface area contributed by atoms with Crippen molar-refractivity contribution < 1.29 is 13.2 Å². The number of nitrogens with zero attached hydrogens (tertiary/aromatic N) is 4. The lowest BCUT2D eigenvalue weighted by Gasteiger charge is -2.25. The molecule has 2 aliphatic rings. The van der Waals surface area contributed by atoms with E-state index in [0.29, 0.717) is 18.7 Å². The largest absolute Gasteiger partial charge is 0.355 e. The fraction of sp³-hybridized carbons (Fsp3) is 0.350. The van der Waals surface area contributed by atoms with Crippen molar-refractivity contribution in [3.8, 4) is 0 Å². The molecule has 0 saturated carbocycles. The van der Waals surface area contributed by atoms with Crippen LogP contribution in [-0.4, -0.2) is 60.4 Å². The number of hydrogen-bond donors (Lipinski definition) is 2. The maximum Gasteiger partial charge on any atom is 0.253 e. The summed E-state index contributed by atoms with van der Waals surface area (Å²) in [5.41, 5.74) is 1.34. The number of carbonyl (C=O) groups excluding carboxylic acids is 1. The van der Waals surface area contributed by atoms with E-state index in [0.717, 1.165) is 42.8 Å². The van der Waals surface area contributed by atoms with Crippen molar-refractivity contribution in [3.63, 3.8) is 0 Å². The van der Waals surface area contributed by atoms with Gasteiger partial charge in [0.15, 0.2) is 0 Å². The molecule has 1 amide bonds. The number of nitrogens with one attached hydrogen (secondary N) is 1. The lowest BCUT2D eigenvalue weighted by molar-refractivity contribution is 0.0776. The number of carbonyl (C=O) groups is 1. The van der Waals surface area contributed by atoms with Crippen molar-refractivity contribution in [1.82, 2.24) is 19.9 Å². The van der Waals surface area contributed by atoms with Gasteiger partial charge >= 0.3 is 0 Å². The Balaban J connectivity index is 1.31. The molecule has 1 atom stereocenters. The third kappa shape index (κ3) is 3.21. The minimum atomic E-state index is -3.77. The van der Waals surface area contributed by atoms with Gasteiger partial charge in [-0.1, -0.05) is 0 Å². The van der Waals surface area contributed by atoms with Gasteiger partial charge in [0.1, 0.15) is 17.8 Å². The number of aromatic nitrogens is 3. The lowest BCUT2D eigenvalue weighted by Crippen LogP contribution is -2.34. The van der Waals surface area contributed by atoms with E-state index < -0.39 is 10.0 Å². The van der Waals surface area contributed by atoms with Crippen LogP contribution in [0.25, 0.3) is 11.0 Å². The van der Waals surface area contributed by atoms with E-state index in [1.807, 2.05) is 17.2 Å². The summed E-state index contributed by atoms with van der Waals surface area (Å²) in [5, 5.41) is 6.14.